The van der Waals surface area contributed by atoms with E-state index >= 15 is 0 Å². The van der Waals surface area contributed by atoms with Crippen LogP contribution in [0.4, 0.5) is 4.39 Å². The predicted molar refractivity (Wildman–Crippen MR) is 82.8 cm³/mol. The Morgan fingerprint density at radius 1 is 1.38 bits per heavy atom. The van der Waals surface area contributed by atoms with Crippen LogP contribution < -0.4 is 5.32 Å². The SMILES string of the molecule is CC1(CNCc2csc(-c3ccc(F)cc3)n2)CCCO1. The first kappa shape index (κ1) is 14.6. The number of ether oxygens (including phenoxy) is 1. The van der Waals surface area contributed by atoms with Crippen LogP contribution in [-0.4, -0.2) is 23.7 Å². The zero-order valence-electron chi connectivity index (χ0n) is 12.1. The number of nitrogens with zero attached hydrogens (tertiary/aromatic N) is 1. The number of nitrogens with one attached hydrogen (secondary N) is 1. The number of thiazole rings is 1. The molecule has 0 saturated carbocycles. The van der Waals surface area contributed by atoms with Crippen molar-refractivity contribution in [3.05, 3.63) is 41.2 Å². The maximum atomic E-state index is 12.9. The molecule has 1 saturated heterocycles. The van der Waals surface area contributed by atoms with E-state index in [1.54, 1.807) is 23.5 Å². The molecule has 1 N–H and O–H groups in total. The van der Waals surface area contributed by atoms with Gasteiger partial charge in [0.1, 0.15) is 10.8 Å². The van der Waals surface area contributed by atoms with Crippen molar-refractivity contribution in [2.75, 3.05) is 13.2 Å². The van der Waals surface area contributed by atoms with E-state index in [1.165, 1.54) is 12.1 Å². The van der Waals surface area contributed by atoms with Crippen molar-refractivity contribution in [3.8, 4) is 10.6 Å². The zero-order chi connectivity index (χ0) is 14.7. The third kappa shape index (κ3) is 3.67. The Balaban J connectivity index is 1.56. The third-order valence-corrected chi connectivity index (χ3v) is 4.69. The van der Waals surface area contributed by atoms with E-state index in [1.807, 2.05) is 5.38 Å². The van der Waals surface area contributed by atoms with Crippen molar-refractivity contribution in [1.29, 1.82) is 0 Å². The molecule has 21 heavy (non-hydrogen) atoms. The first-order chi connectivity index (χ1) is 10.1. The van der Waals surface area contributed by atoms with Gasteiger partial charge in [-0.1, -0.05) is 0 Å². The van der Waals surface area contributed by atoms with Crippen molar-refractivity contribution >= 4 is 11.3 Å². The van der Waals surface area contributed by atoms with Gasteiger partial charge in [-0.05, 0) is 44.0 Å². The van der Waals surface area contributed by atoms with Gasteiger partial charge in [-0.2, -0.15) is 0 Å². The van der Waals surface area contributed by atoms with Gasteiger partial charge in [-0.15, -0.1) is 11.3 Å². The van der Waals surface area contributed by atoms with Gasteiger partial charge in [-0.25, -0.2) is 9.37 Å². The summed E-state index contributed by atoms with van der Waals surface area (Å²) in [6, 6.07) is 6.46. The van der Waals surface area contributed by atoms with Gasteiger partial charge >= 0.3 is 0 Å². The molecule has 1 aliphatic heterocycles. The quantitative estimate of drug-likeness (QED) is 0.916. The fourth-order valence-corrected chi connectivity index (χ4v) is 3.37. The number of hydrogen-bond donors (Lipinski definition) is 1. The van der Waals surface area contributed by atoms with Gasteiger partial charge in [0.25, 0.3) is 0 Å². The summed E-state index contributed by atoms with van der Waals surface area (Å²) in [6.45, 7) is 4.59. The molecule has 5 heteroatoms. The number of benzene rings is 1. The fourth-order valence-electron chi connectivity index (χ4n) is 2.54. The highest BCUT2D eigenvalue weighted by Gasteiger charge is 2.29. The van der Waals surface area contributed by atoms with Crippen molar-refractivity contribution in [1.82, 2.24) is 10.3 Å². The van der Waals surface area contributed by atoms with E-state index in [9.17, 15) is 4.39 Å². The highest BCUT2D eigenvalue weighted by molar-refractivity contribution is 7.13. The third-order valence-electron chi connectivity index (χ3n) is 3.75. The number of hydrogen-bond acceptors (Lipinski definition) is 4. The van der Waals surface area contributed by atoms with Crippen molar-refractivity contribution < 1.29 is 9.13 Å². The van der Waals surface area contributed by atoms with Gasteiger partial charge in [0.2, 0.25) is 0 Å². The van der Waals surface area contributed by atoms with Crippen LogP contribution in [-0.2, 0) is 11.3 Å². The van der Waals surface area contributed by atoms with E-state index in [-0.39, 0.29) is 11.4 Å². The lowest BCUT2D eigenvalue weighted by Gasteiger charge is -2.23. The number of halogens is 1. The largest absolute Gasteiger partial charge is 0.374 e. The normalized spacial score (nSPS) is 21.8. The lowest BCUT2D eigenvalue weighted by Crippen LogP contribution is -2.36. The Hall–Kier alpha value is -1.30. The van der Waals surface area contributed by atoms with Crippen LogP contribution in [0.2, 0.25) is 0 Å². The summed E-state index contributed by atoms with van der Waals surface area (Å²) in [5.41, 5.74) is 1.94. The maximum Gasteiger partial charge on any atom is 0.123 e. The maximum absolute atomic E-state index is 12.9. The van der Waals surface area contributed by atoms with Gasteiger partial charge in [0.05, 0.1) is 11.3 Å². The minimum Gasteiger partial charge on any atom is -0.374 e. The molecule has 0 bridgehead atoms. The van der Waals surface area contributed by atoms with Gasteiger partial charge in [0.15, 0.2) is 0 Å². The molecule has 1 fully saturated rings. The Kier molecular flexibility index (Phi) is 4.33. The minimum atomic E-state index is -0.220. The van der Waals surface area contributed by atoms with E-state index in [2.05, 4.69) is 17.2 Å². The summed E-state index contributed by atoms with van der Waals surface area (Å²) >= 11 is 1.59. The van der Waals surface area contributed by atoms with Gasteiger partial charge in [-0.3, -0.25) is 0 Å². The van der Waals surface area contributed by atoms with E-state index in [4.69, 9.17) is 4.74 Å². The van der Waals surface area contributed by atoms with Crippen molar-refractivity contribution in [2.45, 2.75) is 31.9 Å². The first-order valence-electron chi connectivity index (χ1n) is 7.20. The molecular weight excluding hydrogens is 287 g/mol. The standard InChI is InChI=1S/C16H19FN2OS/c1-16(7-2-8-20-16)11-18-9-14-10-21-15(19-14)12-3-5-13(17)6-4-12/h3-6,10,18H,2,7-9,11H2,1H3. The average Bonchev–Trinajstić information content (AvgIpc) is 3.10. The van der Waals surface area contributed by atoms with E-state index in [0.29, 0.717) is 0 Å². The minimum absolute atomic E-state index is 0.0319. The Bertz CT molecular complexity index is 591. The summed E-state index contributed by atoms with van der Waals surface area (Å²) < 4.78 is 18.7. The van der Waals surface area contributed by atoms with Crippen LogP contribution in [0.5, 0.6) is 0 Å². The lowest BCUT2D eigenvalue weighted by molar-refractivity contribution is 0.0206. The molecule has 1 atom stereocenters. The van der Waals surface area contributed by atoms with Crippen LogP contribution in [0.3, 0.4) is 0 Å². The molecule has 112 valence electrons. The Morgan fingerprint density at radius 3 is 2.90 bits per heavy atom. The van der Waals surface area contributed by atoms with E-state index in [0.717, 1.165) is 48.8 Å². The molecule has 0 spiro atoms. The Labute approximate surface area is 128 Å². The number of aromatic nitrogens is 1. The second-order valence-electron chi connectivity index (χ2n) is 5.66. The van der Waals surface area contributed by atoms with E-state index < -0.39 is 0 Å². The molecule has 0 radical (unpaired) electrons. The summed E-state index contributed by atoms with van der Waals surface area (Å²) in [5.74, 6) is -0.220. The molecule has 2 aromatic rings. The van der Waals surface area contributed by atoms with Crippen LogP contribution in [0.1, 0.15) is 25.5 Å². The van der Waals surface area contributed by atoms with Crippen molar-refractivity contribution in [2.24, 2.45) is 0 Å². The molecule has 2 heterocycles. The van der Waals surface area contributed by atoms with Gasteiger partial charge < -0.3 is 10.1 Å². The summed E-state index contributed by atoms with van der Waals surface area (Å²) in [4.78, 5) is 4.59. The lowest BCUT2D eigenvalue weighted by atomic mass is 10.0. The molecule has 1 unspecified atom stereocenters. The highest BCUT2D eigenvalue weighted by atomic mass is 32.1. The molecule has 0 amide bonds. The van der Waals surface area contributed by atoms with Crippen molar-refractivity contribution in [3.63, 3.8) is 0 Å². The van der Waals surface area contributed by atoms with Crippen LogP contribution in [0, 0.1) is 5.82 Å². The molecule has 1 aliphatic rings. The topological polar surface area (TPSA) is 34.2 Å². The molecular formula is C16H19FN2OS. The average molecular weight is 306 g/mol. The summed E-state index contributed by atoms with van der Waals surface area (Å²) in [5, 5.41) is 6.39. The fraction of sp³-hybridized carbons (Fsp3) is 0.438. The van der Waals surface area contributed by atoms with Crippen LogP contribution >= 0.6 is 11.3 Å². The number of rotatable bonds is 5. The smallest absolute Gasteiger partial charge is 0.123 e. The molecule has 1 aromatic heterocycles. The molecule has 3 nitrogen and oxygen atoms in total. The van der Waals surface area contributed by atoms with Crippen LogP contribution in [0.25, 0.3) is 10.6 Å². The summed E-state index contributed by atoms with van der Waals surface area (Å²) in [7, 11) is 0. The van der Waals surface area contributed by atoms with Gasteiger partial charge in [0, 0.05) is 30.6 Å². The summed E-state index contributed by atoms with van der Waals surface area (Å²) in [6.07, 6.45) is 2.25. The second kappa shape index (κ2) is 6.22. The molecule has 3 rings (SSSR count). The van der Waals surface area contributed by atoms with Crippen LogP contribution in [0.15, 0.2) is 29.6 Å². The first-order valence-corrected chi connectivity index (χ1v) is 8.08. The highest BCUT2D eigenvalue weighted by Crippen LogP contribution is 2.25. The zero-order valence-corrected chi connectivity index (χ0v) is 12.9. The second-order valence-corrected chi connectivity index (χ2v) is 6.51. The molecule has 0 aliphatic carbocycles. The molecule has 1 aromatic carbocycles. The Morgan fingerprint density at radius 2 is 2.19 bits per heavy atom. The monoisotopic (exact) mass is 306 g/mol. The predicted octanol–water partition coefficient (Wildman–Crippen LogP) is 3.61.